The van der Waals surface area contributed by atoms with Gasteiger partial charge in [-0.3, -0.25) is 0 Å². The van der Waals surface area contributed by atoms with Crippen molar-refractivity contribution >= 4 is 15.9 Å². The van der Waals surface area contributed by atoms with Crippen molar-refractivity contribution in [2.24, 2.45) is 29.6 Å². The van der Waals surface area contributed by atoms with Gasteiger partial charge in [0.1, 0.15) is 5.82 Å². The Morgan fingerprint density at radius 2 is 1.95 bits per heavy atom. The van der Waals surface area contributed by atoms with Gasteiger partial charge in [0.15, 0.2) is 0 Å². The lowest BCUT2D eigenvalue weighted by molar-refractivity contribution is 0.128. The average molecular weight is 325 g/mol. The molecule has 5 unspecified atom stereocenters. The van der Waals surface area contributed by atoms with E-state index in [-0.39, 0.29) is 11.9 Å². The lowest BCUT2D eigenvalue weighted by Crippen LogP contribution is -2.18. The molecule has 19 heavy (non-hydrogen) atoms. The Morgan fingerprint density at radius 1 is 1.26 bits per heavy atom. The van der Waals surface area contributed by atoms with E-state index in [2.05, 4.69) is 15.9 Å². The third kappa shape index (κ3) is 1.89. The van der Waals surface area contributed by atoms with Crippen LogP contribution in [0.4, 0.5) is 4.39 Å². The molecule has 0 aliphatic heterocycles. The zero-order chi connectivity index (χ0) is 13.1. The maximum Gasteiger partial charge on any atom is 0.123 e. The minimum atomic E-state index is -0.295. The van der Waals surface area contributed by atoms with E-state index < -0.39 is 0 Å². The Morgan fingerprint density at radius 3 is 2.63 bits per heavy atom. The lowest BCUT2D eigenvalue weighted by atomic mass is 9.95. The number of aliphatic hydroxyl groups excluding tert-OH is 1. The first-order chi connectivity index (χ1) is 9.15. The number of hydrogen-bond donors (Lipinski definition) is 1. The molecular weight excluding hydrogens is 307 g/mol. The Hall–Kier alpha value is -0.410. The Bertz CT molecular complexity index is 501. The summed E-state index contributed by atoms with van der Waals surface area (Å²) in [6, 6.07) is 4.72. The fraction of sp³-hybridized carbons (Fsp3) is 0.625. The molecule has 1 nitrogen and oxygen atoms in total. The van der Waals surface area contributed by atoms with Crippen LogP contribution in [0, 0.1) is 35.4 Å². The topological polar surface area (TPSA) is 20.2 Å². The minimum absolute atomic E-state index is 0.221. The minimum Gasteiger partial charge on any atom is -0.392 e. The van der Waals surface area contributed by atoms with Crippen molar-refractivity contribution in [3.8, 4) is 0 Å². The molecule has 1 aromatic rings. The van der Waals surface area contributed by atoms with Gasteiger partial charge in [-0.1, -0.05) is 15.9 Å². The summed E-state index contributed by atoms with van der Waals surface area (Å²) in [5.41, 5.74) is 0.893. The Balaban J connectivity index is 1.48. The third-order valence-corrected chi connectivity index (χ3v) is 6.45. The van der Waals surface area contributed by atoms with Crippen molar-refractivity contribution in [2.45, 2.75) is 31.8 Å². The van der Waals surface area contributed by atoms with Gasteiger partial charge in [-0.15, -0.1) is 0 Å². The summed E-state index contributed by atoms with van der Waals surface area (Å²) >= 11 is 3.45. The predicted molar refractivity (Wildman–Crippen MR) is 75.1 cm³/mol. The molecule has 3 aliphatic rings. The van der Waals surface area contributed by atoms with Gasteiger partial charge in [0.05, 0.1) is 6.10 Å². The normalized spacial score (nSPS) is 40.3. The molecule has 3 saturated carbocycles. The van der Waals surface area contributed by atoms with Gasteiger partial charge in [0.2, 0.25) is 0 Å². The number of halogens is 2. The Labute approximate surface area is 121 Å². The molecule has 3 aliphatic carbocycles. The van der Waals surface area contributed by atoms with Crippen LogP contribution in [0.1, 0.15) is 24.8 Å². The molecule has 1 N–H and O–H groups in total. The molecule has 0 amide bonds. The second kappa shape index (κ2) is 4.29. The second-order valence-electron chi connectivity index (χ2n) is 6.57. The van der Waals surface area contributed by atoms with Crippen LogP contribution in [-0.2, 0) is 6.42 Å². The second-order valence-corrected chi connectivity index (χ2v) is 7.43. The number of aliphatic hydroxyl groups is 1. The largest absolute Gasteiger partial charge is 0.392 e. The maximum absolute atomic E-state index is 13.3. The summed E-state index contributed by atoms with van der Waals surface area (Å²) in [5, 5.41) is 10.5. The van der Waals surface area contributed by atoms with Crippen LogP contribution in [0.25, 0.3) is 0 Å². The molecule has 0 radical (unpaired) electrons. The molecule has 102 valence electrons. The predicted octanol–water partition coefficient (Wildman–Crippen LogP) is 3.78. The van der Waals surface area contributed by atoms with E-state index >= 15 is 0 Å². The highest BCUT2D eigenvalue weighted by Crippen LogP contribution is 2.70. The molecule has 0 heterocycles. The molecule has 4 rings (SSSR count). The highest BCUT2D eigenvalue weighted by molar-refractivity contribution is 9.10. The maximum atomic E-state index is 13.3. The summed E-state index contributed by atoms with van der Waals surface area (Å²) in [4.78, 5) is 0. The highest BCUT2D eigenvalue weighted by Gasteiger charge is 2.66. The summed E-state index contributed by atoms with van der Waals surface area (Å²) in [6.45, 7) is 0. The van der Waals surface area contributed by atoms with Crippen LogP contribution in [0.3, 0.4) is 0 Å². The first-order valence-electron chi connectivity index (χ1n) is 7.27. The standard InChI is InChI=1S/C16H18BrFO/c17-12-4-3-11(18)6-10(12)7-13(19)16-14-8-1-2-9(5-8)15(14)16/h3-4,6,8-9,13-16,19H,1-2,5,7H2. The lowest BCUT2D eigenvalue weighted by Gasteiger charge is -2.16. The van der Waals surface area contributed by atoms with Crippen LogP contribution in [0.5, 0.6) is 0 Å². The van der Waals surface area contributed by atoms with Gasteiger partial charge in [0.25, 0.3) is 0 Å². The molecule has 0 spiro atoms. The van der Waals surface area contributed by atoms with E-state index in [0.29, 0.717) is 12.3 Å². The summed E-state index contributed by atoms with van der Waals surface area (Å²) in [6.07, 6.45) is 4.44. The first-order valence-corrected chi connectivity index (χ1v) is 8.06. The molecule has 0 aromatic heterocycles. The number of fused-ring (bicyclic) bond motifs is 5. The molecule has 1 aromatic carbocycles. The zero-order valence-corrected chi connectivity index (χ0v) is 12.3. The molecular formula is C16H18BrFO. The van der Waals surface area contributed by atoms with Crippen molar-refractivity contribution in [1.82, 2.24) is 0 Å². The summed E-state index contributed by atoms with van der Waals surface area (Å²) < 4.78 is 14.2. The fourth-order valence-corrected chi connectivity index (χ4v) is 5.38. The van der Waals surface area contributed by atoms with Crippen LogP contribution in [-0.4, -0.2) is 11.2 Å². The van der Waals surface area contributed by atoms with Crippen molar-refractivity contribution in [3.05, 3.63) is 34.1 Å². The van der Waals surface area contributed by atoms with E-state index in [1.165, 1.54) is 25.3 Å². The van der Waals surface area contributed by atoms with Gasteiger partial charge in [-0.2, -0.15) is 0 Å². The molecule has 3 fully saturated rings. The van der Waals surface area contributed by atoms with Gasteiger partial charge in [-0.05, 0) is 79.0 Å². The molecule has 5 atom stereocenters. The average Bonchev–Trinajstić information content (AvgIpc) is 2.83. The molecule has 0 saturated heterocycles. The monoisotopic (exact) mass is 324 g/mol. The SMILES string of the molecule is OC(Cc1cc(F)ccc1Br)C1C2C3CCC(C3)C12. The first kappa shape index (κ1) is 12.3. The van der Waals surface area contributed by atoms with Crippen LogP contribution in [0.2, 0.25) is 0 Å². The number of benzene rings is 1. The van der Waals surface area contributed by atoms with Crippen molar-refractivity contribution in [2.75, 3.05) is 0 Å². The van der Waals surface area contributed by atoms with Gasteiger partial charge >= 0.3 is 0 Å². The van der Waals surface area contributed by atoms with Crippen LogP contribution >= 0.6 is 15.9 Å². The van der Waals surface area contributed by atoms with E-state index in [4.69, 9.17) is 0 Å². The van der Waals surface area contributed by atoms with E-state index in [9.17, 15) is 9.50 Å². The van der Waals surface area contributed by atoms with Crippen LogP contribution in [0.15, 0.2) is 22.7 Å². The highest BCUT2D eigenvalue weighted by atomic mass is 79.9. The fourth-order valence-electron chi connectivity index (χ4n) is 4.97. The summed E-state index contributed by atoms with van der Waals surface area (Å²) in [5.74, 6) is 3.58. The van der Waals surface area contributed by atoms with E-state index in [0.717, 1.165) is 33.7 Å². The number of hydrogen-bond acceptors (Lipinski definition) is 1. The van der Waals surface area contributed by atoms with Gasteiger partial charge in [0, 0.05) is 4.47 Å². The number of rotatable bonds is 3. The Kier molecular flexibility index (Phi) is 2.79. The molecule has 2 bridgehead atoms. The van der Waals surface area contributed by atoms with Crippen molar-refractivity contribution in [1.29, 1.82) is 0 Å². The zero-order valence-electron chi connectivity index (χ0n) is 10.7. The van der Waals surface area contributed by atoms with Crippen molar-refractivity contribution < 1.29 is 9.50 Å². The van der Waals surface area contributed by atoms with Gasteiger partial charge < -0.3 is 5.11 Å². The molecule has 3 heteroatoms. The van der Waals surface area contributed by atoms with E-state index in [1.54, 1.807) is 12.1 Å². The van der Waals surface area contributed by atoms with E-state index in [1.807, 2.05) is 0 Å². The smallest absolute Gasteiger partial charge is 0.123 e. The summed E-state index contributed by atoms with van der Waals surface area (Å²) in [7, 11) is 0. The van der Waals surface area contributed by atoms with Gasteiger partial charge in [-0.25, -0.2) is 4.39 Å². The quantitative estimate of drug-likeness (QED) is 0.897. The van der Waals surface area contributed by atoms with Crippen LogP contribution < -0.4 is 0 Å². The van der Waals surface area contributed by atoms with Crippen molar-refractivity contribution in [3.63, 3.8) is 0 Å². The third-order valence-electron chi connectivity index (χ3n) is 5.68.